The van der Waals surface area contributed by atoms with Crippen molar-refractivity contribution in [3.8, 4) is 11.4 Å². The van der Waals surface area contributed by atoms with E-state index < -0.39 is 17.4 Å². The molecule has 0 saturated carbocycles. The summed E-state index contributed by atoms with van der Waals surface area (Å²) in [4.78, 5) is 35.8. The summed E-state index contributed by atoms with van der Waals surface area (Å²) in [7, 11) is 0. The van der Waals surface area contributed by atoms with Gasteiger partial charge in [0.2, 0.25) is 0 Å². The minimum absolute atomic E-state index is 0.00341. The van der Waals surface area contributed by atoms with Gasteiger partial charge in [-0.3, -0.25) is 24.3 Å². The number of nitrogens with one attached hydrogen (secondary N) is 1. The number of hydrogen-bond acceptors (Lipinski definition) is 6. The number of rotatable bonds is 3. The van der Waals surface area contributed by atoms with E-state index in [1.165, 1.54) is 4.57 Å². The Balaban J connectivity index is 1.74. The number of anilines is 1. The van der Waals surface area contributed by atoms with Crippen LogP contribution in [0.5, 0.6) is 5.75 Å². The molecule has 0 radical (unpaired) electrons. The second-order valence-corrected chi connectivity index (χ2v) is 5.55. The number of ether oxygens (including phenoxy) is 2. The van der Waals surface area contributed by atoms with Gasteiger partial charge in [-0.2, -0.15) is 0 Å². The number of nitrogens with zero attached hydrogens (tertiary/aromatic N) is 1. The first kappa shape index (κ1) is 14.5. The van der Waals surface area contributed by atoms with Gasteiger partial charge in [0, 0.05) is 6.07 Å². The Labute approximate surface area is 135 Å². The van der Waals surface area contributed by atoms with Crippen molar-refractivity contribution in [2.45, 2.75) is 6.10 Å². The Morgan fingerprint density at radius 3 is 2.46 bits per heavy atom. The molecule has 4 rings (SSSR count). The Morgan fingerprint density at radius 1 is 1.12 bits per heavy atom. The fourth-order valence-corrected chi connectivity index (χ4v) is 2.69. The molecule has 1 saturated heterocycles. The first-order valence-electron chi connectivity index (χ1n) is 7.30. The van der Waals surface area contributed by atoms with Crippen LogP contribution in [-0.4, -0.2) is 35.7 Å². The summed E-state index contributed by atoms with van der Waals surface area (Å²) >= 11 is 0. The van der Waals surface area contributed by atoms with E-state index in [0.29, 0.717) is 24.7 Å². The number of nitrogens with two attached hydrogens (primary N) is 1. The van der Waals surface area contributed by atoms with Gasteiger partial charge in [0.05, 0.1) is 30.0 Å². The predicted molar refractivity (Wildman–Crippen MR) is 83.5 cm³/mol. The maximum absolute atomic E-state index is 12.3. The van der Waals surface area contributed by atoms with Crippen molar-refractivity contribution in [1.29, 1.82) is 0 Å². The highest BCUT2D eigenvalue weighted by atomic mass is 16.6. The molecule has 1 fully saturated rings. The molecule has 3 N–H and O–H groups in total. The van der Waals surface area contributed by atoms with E-state index in [1.807, 2.05) is 0 Å². The SMILES string of the molecule is Nc1c2c(cc(=O)n1-c1ccc(OC3COC3)cc1)C(=O)NC2=O. The van der Waals surface area contributed by atoms with Gasteiger partial charge in [-0.05, 0) is 24.3 Å². The number of carbonyl (C=O) groups excluding carboxylic acids is 2. The maximum atomic E-state index is 12.3. The van der Waals surface area contributed by atoms with Crippen molar-refractivity contribution in [1.82, 2.24) is 9.88 Å². The fourth-order valence-electron chi connectivity index (χ4n) is 2.69. The number of imide groups is 1. The number of benzene rings is 1. The molecule has 2 aromatic rings. The van der Waals surface area contributed by atoms with Crippen LogP contribution in [0.15, 0.2) is 35.1 Å². The normalized spacial score (nSPS) is 16.5. The summed E-state index contributed by atoms with van der Waals surface area (Å²) in [5.41, 5.74) is 5.98. The van der Waals surface area contributed by atoms with Crippen molar-refractivity contribution in [2.75, 3.05) is 18.9 Å². The Kier molecular flexibility index (Phi) is 3.14. The molecule has 0 atom stereocenters. The van der Waals surface area contributed by atoms with Crippen molar-refractivity contribution < 1.29 is 19.1 Å². The summed E-state index contributed by atoms with van der Waals surface area (Å²) in [5, 5.41) is 2.13. The molecule has 3 heterocycles. The van der Waals surface area contributed by atoms with Crippen LogP contribution in [0, 0.1) is 0 Å². The van der Waals surface area contributed by atoms with Gasteiger partial charge in [0.1, 0.15) is 17.7 Å². The molecule has 0 spiro atoms. The van der Waals surface area contributed by atoms with E-state index in [9.17, 15) is 14.4 Å². The van der Waals surface area contributed by atoms with Gasteiger partial charge in [0.25, 0.3) is 17.4 Å². The van der Waals surface area contributed by atoms with E-state index in [0.717, 1.165) is 6.07 Å². The van der Waals surface area contributed by atoms with Crippen molar-refractivity contribution in [2.24, 2.45) is 0 Å². The van der Waals surface area contributed by atoms with Crippen LogP contribution < -0.4 is 21.3 Å². The third kappa shape index (κ3) is 2.16. The highest BCUT2D eigenvalue weighted by molar-refractivity contribution is 6.23. The van der Waals surface area contributed by atoms with Gasteiger partial charge in [-0.25, -0.2) is 0 Å². The van der Waals surface area contributed by atoms with E-state index in [4.69, 9.17) is 15.2 Å². The zero-order valence-corrected chi connectivity index (χ0v) is 12.4. The average molecular weight is 327 g/mol. The summed E-state index contributed by atoms with van der Waals surface area (Å²) in [6.07, 6.45) is 0.0401. The quantitative estimate of drug-likeness (QED) is 0.772. The lowest BCUT2D eigenvalue weighted by Crippen LogP contribution is -2.38. The zero-order chi connectivity index (χ0) is 16.8. The molecule has 8 heteroatoms. The molecule has 24 heavy (non-hydrogen) atoms. The van der Waals surface area contributed by atoms with E-state index in [1.54, 1.807) is 24.3 Å². The fraction of sp³-hybridized carbons (Fsp3) is 0.188. The number of hydrogen-bond donors (Lipinski definition) is 2. The average Bonchev–Trinajstić information content (AvgIpc) is 2.79. The van der Waals surface area contributed by atoms with Crippen molar-refractivity contribution >= 4 is 17.6 Å². The van der Waals surface area contributed by atoms with Gasteiger partial charge in [-0.15, -0.1) is 0 Å². The summed E-state index contributed by atoms with van der Waals surface area (Å²) in [6, 6.07) is 7.85. The Morgan fingerprint density at radius 2 is 1.83 bits per heavy atom. The number of carbonyl (C=O) groups is 2. The number of pyridine rings is 1. The summed E-state index contributed by atoms with van der Waals surface area (Å²) in [6.45, 7) is 1.12. The summed E-state index contributed by atoms with van der Waals surface area (Å²) < 4.78 is 11.9. The lowest BCUT2D eigenvalue weighted by Gasteiger charge is -2.26. The molecular weight excluding hydrogens is 314 g/mol. The maximum Gasteiger partial charge on any atom is 0.262 e. The van der Waals surface area contributed by atoms with Crippen molar-refractivity contribution in [3.63, 3.8) is 0 Å². The van der Waals surface area contributed by atoms with Crippen LogP contribution in [-0.2, 0) is 4.74 Å². The van der Waals surface area contributed by atoms with Gasteiger partial charge in [0.15, 0.2) is 0 Å². The van der Waals surface area contributed by atoms with Crippen LogP contribution in [0.25, 0.3) is 5.69 Å². The van der Waals surface area contributed by atoms with Crippen molar-refractivity contribution in [3.05, 3.63) is 51.8 Å². The molecule has 2 aliphatic rings. The molecule has 0 aliphatic carbocycles. The van der Waals surface area contributed by atoms with Crippen LogP contribution >= 0.6 is 0 Å². The minimum atomic E-state index is -0.614. The first-order chi connectivity index (χ1) is 11.5. The molecule has 8 nitrogen and oxygen atoms in total. The Hall–Kier alpha value is -3.13. The van der Waals surface area contributed by atoms with Gasteiger partial charge in [-0.1, -0.05) is 0 Å². The third-order valence-electron chi connectivity index (χ3n) is 3.96. The number of aromatic nitrogens is 1. The van der Waals surface area contributed by atoms with Gasteiger partial charge < -0.3 is 15.2 Å². The largest absolute Gasteiger partial charge is 0.486 e. The van der Waals surface area contributed by atoms with Crippen LogP contribution in [0.2, 0.25) is 0 Å². The van der Waals surface area contributed by atoms with E-state index in [2.05, 4.69) is 5.32 Å². The van der Waals surface area contributed by atoms with Crippen LogP contribution in [0.1, 0.15) is 20.7 Å². The minimum Gasteiger partial charge on any atom is -0.486 e. The molecular formula is C16H13N3O5. The monoisotopic (exact) mass is 327 g/mol. The molecule has 2 amide bonds. The lowest BCUT2D eigenvalue weighted by molar-refractivity contribution is -0.0796. The zero-order valence-electron chi connectivity index (χ0n) is 12.4. The lowest BCUT2D eigenvalue weighted by atomic mass is 10.1. The molecule has 122 valence electrons. The van der Waals surface area contributed by atoms with E-state index in [-0.39, 0.29) is 23.0 Å². The smallest absolute Gasteiger partial charge is 0.262 e. The molecule has 0 unspecified atom stereocenters. The van der Waals surface area contributed by atoms with E-state index >= 15 is 0 Å². The topological polar surface area (TPSA) is 113 Å². The molecule has 1 aromatic carbocycles. The Bertz CT molecular complexity index is 913. The standard InChI is InChI=1S/C16H13N3O5/c17-14-13-11(15(21)18-16(13)22)5-12(20)19(14)8-1-3-9(4-2-8)24-10-6-23-7-10/h1-5,10H,6-7,17H2,(H,18,21,22). The third-order valence-corrected chi connectivity index (χ3v) is 3.96. The summed E-state index contributed by atoms with van der Waals surface area (Å²) in [5.74, 6) is -0.640. The second-order valence-electron chi connectivity index (χ2n) is 5.55. The molecule has 2 aliphatic heterocycles. The van der Waals surface area contributed by atoms with Crippen LogP contribution in [0.4, 0.5) is 5.82 Å². The number of nitrogen functional groups attached to an aromatic ring is 1. The highest BCUT2D eigenvalue weighted by Crippen LogP contribution is 2.24. The second kappa shape index (κ2) is 5.20. The molecule has 1 aromatic heterocycles. The van der Waals surface area contributed by atoms with Gasteiger partial charge >= 0.3 is 0 Å². The highest BCUT2D eigenvalue weighted by Gasteiger charge is 2.31. The first-order valence-corrected chi connectivity index (χ1v) is 7.30. The predicted octanol–water partition coefficient (Wildman–Crippen LogP) is 0.0809. The number of amides is 2. The molecule has 0 bridgehead atoms. The number of fused-ring (bicyclic) bond motifs is 1. The van der Waals surface area contributed by atoms with Crippen LogP contribution in [0.3, 0.4) is 0 Å².